The molecule has 2 aromatic carbocycles. The number of hydrogen-bond donors (Lipinski definition) is 4. The Labute approximate surface area is 194 Å². The number of amides is 2. The van der Waals surface area contributed by atoms with Gasteiger partial charge in [-0.3, -0.25) is 14.6 Å². The number of aromatic nitrogens is 1. The van der Waals surface area contributed by atoms with Gasteiger partial charge in [0.2, 0.25) is 11.8 Å². The number of anilines is 1. The molecule has 8 nitrogen and oxygen atoms in total. The minimum absolute atomic E-state index is 0.307. The standard InChI is InChI=1S/C25H32N6O2/c1-31(14-13-26)17-21(27)24(32)30-23(12-11-18-7-3-2-4-8-18)25(33)29-20-15-19-9-5-6-10-22(19)28-16-20/h2-10,15-16,21,23H,11-14,17,26-27H2,1H3,(H,29,33)(H,30,32)/t21-,23+/m0/s1. The molecule has 0 aliphatic heterocycles. The summed E-state index contributed by atoms with van der Waals surface area (Å²) < 4.78 is 0. The second-order valence-corrected chi connectivity index (χ2v) is 8.15. The van der Waals surface area contributed by atoms with Gasteiger partial charge in [0, 0.05) is 25.0 Å². The van der Waals surface area contributed by atoms with Crippen LogP contribution in [0.2, 0.25) is 0 Å². The van der Waals surface area contributed by atoms with Gasteiger partial charge in [-0.15, -0.1) is 0 Å². The largest absolute Gasteiger partial charge is 0.343 e. The molecule has 0 unspecified atom stereocenters. The van der Waals surface area contributed by atoms with Gasteiger partial charge in [-0.1, -0.05) is 48.5 Å². The number of nitrogens with one attached hydrogen (secondary N) is 2. The van der Waals surface area contributed by atoms with E-state index in [-0.39, 0.29) is 11.8 Å². The molecule has 0 fully saturated rings. The maximum absolute atomic E-state index is 13.1. The van der Waals surface area contributed by atoms with Crippen LogP contribution in [0, 0.1) is 0 Å². The predicted molar refractivity (Wildman–Crippen MR) is 132 cm³/mol. The van der Waals surface area contributed by atoms with Gasteiger partial charge in [-0.2, -0.15) is 0 Å². The van der Waals surface area contributed by atoms with E-state index in [2.05, 4.69) is 15.6 Å². The predicted octanol–water partition coefficient (Wildman–Crippen LogP) is 1.51. The third kappa shape index (κ3) is 7.35. The molecule has 3 aromatic rings. The Bertz CT molecular complexity index is 1060. The fourth-order valence-corrected chi connectivity index (χ4v) is 3.60. The Kier molecular flexibility index (Phi) is 8.88. The number of hydrogen-bond acceptors (Lipinski definition) is 6. The van der Waals surface area contributed by atoms with E-state index in [1.165, 1.54) is 0 Å². The minimum atomic E-state index is -0.768. The van der Waals surface area contributed by atoms with Crippen LogP contribution < -0.4 is 22.1 Å². The Morgan fingerprint density at radius 1 is 1.06 bits per heavy atom. The van der Waals surface area contributed by atoms with E-state index in [4.69, 9.17) is 11.5 Å². The molecule has 2 atom stereocenters. The van der Waals surface area contributed by atoms with Crippen molar-refractivity contribution in [2.24, 2.45) is 11.5 Å². The van der Waals surface area contributed by atoms with Crippen LogP contribution in [0.15, 0.2) is 66.9 Å². The van der Waals surface area contributed by atoms with Crippen LogP contribution >= 0.6 is 0 Å². The molecule has 6 N–H and O–H groups in total. The zero-order valence-corrected chi connectivity index (χ0v) is 18.9. The quantitative estimate of drug-likeness (QED) is 0.352. The lowest BCUT2D eigenvalue weighted by atomic mass is 10.0. The van der Waals surface area contributed by atoms with Gasteiger partial charge in [0.05, 0.1) is 23.4 Å². The number of nitrogens with two attached hydrogens (primary N) is 2. The lowest BCUT2D eigenvalue weighted by molar-refractivity contribution is -0.127. The number of benzene rings is 2. The van der Waals surface area contributed by atoms with Crippen molar-refractivity contribution in [1.82, 2.24) is 15.2 Å². The number of pyridine rings is 1. The minimum Gasteiger partial charge on any atom is -0.343 e. The highest BCUT2D eigenvalue weighted by Gasteiger charge is 2.24. The number of aryl methyl sites for hydroxylation is 1. The summed E-state index contributed by atoms with van der Waals surface area (Å²) in [5.74, 6) is -0.678. The molecule has 3 rings (SSSR count). The highest BCUT2D eigenvalue weighted by atomic mass is 16.2. The molecule has 0 radical (unpaired) electrons. The summed E-state index contributed by atoms with van der Waals surface area (Å²) in [7, 11) is 1.85. The van der Waals surface area contributed by atoms with Crippen LogP contribution in [-0.2, 0) is 16.0 Å². The van der Waals surface area contributed by atoms with E-state index in [9.17, 15) is 9.59 Å². The molecule has 0 saturated heterocycles. The van der Waals surface area contributed by atoms with Crippen molar-refractivity contribution in [1.29, 1.82) is 0 Å². The zero-order chi connectivity index (χ0) is 23.6. The molecule has 33 heavy (non-hydrogen) atoms. The molecule has 1 aromatic heterocycles. The fraction of sp³-hybridized carbons (Fsp3) is 0.320. The highest BCUT2D eigenvalue weighted by Crippen LogP contribution is 2.17. The number of carbonyl (C=O) groups excluding carboxylic acids is 2. The van der Waals surface area contributed by atoms with Gasteiger partial charge in [0.25, 0.3) is 0 Å². The average molecular weight is 449 g/mol. The van der Waals surface area contributed by atoms with Gasteiger partial charge in [0.1, 0.15) is 6.04 Å². The van der Waals surface area contributed by atoms with Crippen molar-refractivity contribution < 1.29 is 9.59 Å². The molecule has 2 amide bonds. The van der Waals surface area contributed by atoms with Gasteiger partial charge in [-0.05, 0) is 37.6 Å². The molecular formula is C25H32N6O2. The molecule has 0 bridgehead atoms. The van der Waals surface area contributed by atoms with Crippen LogP contribution in [0.4, 0.5) is 5.69 Å². The van der Waals surface area contributed by atoms with Crippen molar-refractivity contribution in [3.05, 3.63) is 72.4 Å². The van der Waals surface area contributed by atoms with E-state index in [0.29, 0.717) is 38.2 Å². The second kappa shape index (κ2) is 12.1. The molecular weight excluding hydrogens is 416 g/mol. The number of rotatable bonds is 11. The van der Waals surface area contributed by atoms with E-state index in [0.717, 1.165) is 16.5 Å². The van der Waals surface area contributed by atoms with Crippen LogP contribution in [0.5, 0.6) is 0 Å². The smallest absolute Gasteiger partial charge is 0.247 e. The van der Waals surface area contributed by atoms with Crippen LogP contribution in [-0.4, -0.2) is 60.5 Å². The topological polar surface area (TPSA) is 126 Å². The van der Waals surface area contributed by atoms with Gasteiger partial charge in [-0.25, -0.2) is 0 Å². The Morgan fingerprint density at radius 3 is 2.55 bits per heavy atom. The van der Waals surface area contributed by atoms with Crippen molar-refractivity contribution >= 4 is 28.4 Å². The Hall–Kier alpha value is -3.33. The first kappa shape index (κ1) is 24.3. The van der Waals surface area contributed by atoms with Gasteiger partial charge >= 0.3 is 0 Å². The summed E-state index contributed by atoms with van der Waals surface area (Å²) >= 11 is 0. The van der Waals surface area contributed by atoms with Crippen LogP contribution in [0.1, 0.15) is 12.0 Å². The first-order valence-corrected chi connectivity index (χ1v) is 11.1. The number of fused-ring (bicyclic) bond motifs is 1. The van der Waals surface area contributed by atoms with Crippen molar-refractivity contribution in [2.75, 3.05) is 32.0 Å². The van der Waals surface area contributed by atoms with E-state index in [1.807, 2.05) is 72.6 Å². The van der Waals surface area contributed by atoms with E-state index >= 15 is 0 Å². The lowest BCUT2D eigenvalue weighted by Gasteiger charge is -2.23. The number of para-hydroxylation sites is 1. The van der Waals surface area contributed by atoms with Crippen molar-refractivity contribution in [3.8, 4) is 0 Å². The molecule has 174 valence electrons. The number of likely N-dealkylation sites (N-methyl/N-ethyl adjacent to an activating group) is 1. The molecule has 0 aliphatic carbocycles. The molecule has 0 aliphatic rings. The molecule has 0 saturated carbocycles. The highest BCUT2D eigenvalue weighted by molar-refractivity contribution is 5.98. The second-order valence-electron chi connectivity index (χ2n) is 8.15. The van der Waals surface area contributed by atoms with Gasteiger partial charge < -0.3 is 27.0 Å². The molecule has 1 heterocycles. The first-order chi connectivity index (χ1) is 16.0. The summed E-state index contributed by atoms with van der Waals surface area (Å²) in [6.45, 7) is 1.46. The molecule has 8 heteroatoms. The summed E-state index contributed by atoms with van der Waals surface area (Å²) in [4.78, 5) is 32.2. The van der Waals surface area contributed by atoms with Crippen molar-refractivity contribution in [3.63, 3.8) is 0 Å². The summed E-state index contributed by atoms with van der Waals surface area (Å²) in [6.07, 6.45) is 2.69. The lowest BCUT2D eigenvalue weighted by Crippen LogP contribution is -2.53. The normalized spacial score (nSPS) is 13.0. The monoisotopic (exact) mass is 448 g/mol. The summed E-state index contributed by atoms with van der Waals surface area (Å²) in [5, 5.41) is 6.65. The zero-order valence-electron chi connectivity index (χ0n) is 18.9. The Morgan fingerprint density at radius 2 is 1.79 bits per heavy atom. The average Bonchev–Trinajstić information content (AvgIpc) is 2.82. The van der Waals surface area contributed by atoms with Crippen LogP contribution in [0.3, 0.4) is 0 Å². The number of nitrogens with zero attached hydrogens (tertiary/aromatic N) is 2. The first-order valence-electron chi connectivity index (χ1n) is 11.1. The maximum atomic E-state index is 13.1. The Balaban J connectivity index is 1.70. The van der Waals surface area contributed by atoms with E-state index < -0.39 is 12.1 Å². The maximum Gasteiger partial charge on any atom is 0.247 e. The molecule has 0 spiro atoms. The van der Waals surface area contributed by atoms with E-state index in [1.54, 1.807) is 6.20 Å². The fourth-order valence-electron chi connectivity index (χ4n) is 3.60. The summed E-state index contributed by atoms with van der Waals surface area (Å²) in [5.41, 5.74) is 14.2. The third-order valence-corrected chi connectivity index (χ3v) is 5.41. The number of carbonyl (C=O) groups is 2. The van der Waals surface area contributed by atoms with Gasteiger partial charge in [0.15, 0.2) is 0 Å². The van der Waals surface area contributed by atoms with Crippen molar-refractivity contribution in [2.45, 2.75) is 24.9 Å². The summed E-state index contributed by atoms with van der Waals surface area (Å²) in [6, 6.07) is 17.9. The van der Waals surface area contributed by atoms with Crippen LogP contribution in [0.25, 0.3) is 10.9 Å². The SMILES string of the molecule is CN(CCN)C[C@H](N)C(=O)N[C@H](CCc1ccccc1)C(=O)Nc1cnc2ccccc2c1. The third-order valence-electron chi connectivity index (χ3n) is 5.41.